The number of carbonyl (C=O) groups excluding carboxylic acids is 3. The van der Waals surface area contributed by atoms with Gasteiger partial charge in [0.1, 0.15) is 11.1 Å². The number of pyridine rings is 1. The number of rotatable bonds is 16. The molecule has 3 amide bonds. The number of nitrogens with zero attached hydrogens (tertiary/aromatic N) is 2. The minimum absolute atomic E-state index is 0.0613. The number of amides is 3. The molecule has 12 heteroatoms. The predicted molar refractivity (Wildman–Crippen MR) is 138 cm³/mol. The van der Waals surface area contributed by atoms with E-state index in [-0.39, 0.29) is 25.2 Å². The number of carboxylic acid groups (broad SMARTS) is 2. The zero-order valence-corrected chi connectivity index (χ0v) is 22.2. The van der Waals surface area contributed by atoms with Gasteiger partial charge in [0.25, 0.3) is 0 Å². The molecule has 0 radical (unpaired) electrons. The van der Waals surface area contributed by atoms with Crippen molar-refractivity contribution in [2.75, 3.05) is 12.3 Å². The van der Waals surface area contributed by atoms with Gasteiger partial charge in [-0.15, -0.1) is 0 Å². The highest BCUT2D eigenvalue weighted by Crippen LogP contribution is 2.29. The molecule has 2 rings (SSSR count). The van der Waals surface area contributed by atoms with Crippen molar-refractivity contribution in [1.82, 2.24) is 15.2 Å². The molecule has 0 aliphatic carbocycles. The first kappa shape index (κ1) is 31.4. The second-order valence-electron chi connectivity index (χ2n) is 8.03. The molecule has 36 heavy (non-hydrogen) atoms. The summed E-state index contributed by atoms with van der Waals surface area (Å²) >= 11 is 0. The van der Waals surface area contributed by atoms with E-state index >= 15 is 0 Å². The predicted octanol–water partition coefficient (Wildman–Crippen LogP) is 3.75. The normalized spacial score (nSPS) is 13.6. The van der Waals surface area contributed by atoms with Gasteiger partial charge in [-0.05, 0) is 48.6 Å². The summed E-state index contributed by atoms with van der Waals surface area (Å²) in [6.45, 7) is 2.49. The Balaban J connectivity index is 0.000000697. The molecule has 1 fully saturated rings. The van der Waals surface area contributed by atoms with Crippen LogP contribution in [0.4, 0.5) is 0 Å². The topological polar surface area (TPSA) is 154 Å². The van der Waals surface area contributed by atoms with Crippen molar-refractivity contribution in [2.24, 2.45) is 0 Å². The van der Waals surface area contributed by atoms with Gasteiger partial charge in [0, 0.05) is 44.2 Å². The van der Waals surface area contributed by atoms with E-state index in [1.54, 1.807) is 17.0 Å². The highest BCUT2D eigenvalue weighted by molar-refractivity contribution is 8.76. The van der Waals surface area contributed by atoms with Crippen LogP contribution in [0.3, 0.4) is 0 Å². The van der Waals surface area contributed by atoms with Crippen LogP contribution < -0.4 is 5.32 Å². The van der Waals surface area contributed by atoms with E-state index in [0.29, 0.717) is 38.0 Å². The van der Waals surface area contributed by atoms with Crippen LogP contribution in [0.2, 0.25) is 0 Å². The number of hydrogen-bond donors (Lipinski definition) is 3. The van der Waals surface area contributed by atoms with E-state index in [1.165, 1.54) is 10.8 Å². The van der Waals surface area contributed by atoms with Crippen molar-refractivity contribution < 1.29 is 34.2 Å². The monoisotopic (exact) mass is 541 g/mol. The molecule has 2 heterocycles. The Morgan fingerprint density at radius 3 is 2.36 bits per heavy atom. The first-order valence-electron chi connectivity index (χ1n) is 12.0. The van der Waals surface area contributed by atoms with Gasteiger partial charge in [-0.1, -0.05) is 36.6 Å². The van der Waals surface area contributed by atoms with Crippen molar-refractivity contribution in [3.8, 4) is 0 Å². The second kappa shape index (κ2) is 18.6. The third kappa shape index (κ3) is 13.5. The number of aliphatic carboxylic acids is 2. The number of carboxylic acids is 2. The SMILES string of the molecule is CCCCCC(=O)O.O=C(CCSSc1ccccn1)NCCCCC(C(=O)O)N1C(=O)CCC1=O. The van der Waals surface area contributed by atoms with Crippen molar-refractivity contribution in [1.29, 1.82) is 0 Å². The Morgan fingerprint density at radius 1 is 1.06 bits per heavy atom. The molecule has 0 spiro atoms. The van der Waals surface area contributed by atoms with Gasteiger partial charge in [0.15, 0.2) is 0 Å². The minimum atomic E-state index is -1.17. The first-order chi connectivity index (χ1) is 17.3. The van der Waals surface area contributed by atoms with E-state index in [9.17, 15) is 29.1 Å². The molecule has 1 aliphatic rings. The molecule has 0 saturated carbocycles. The Kier molecular flexibility index (Phi) is 16.3. The van der Waals surface area contributed by atoms with Crippen molar-refractivity contribution in [3.63, 3.8) is 0 Å². The summed E-state index contributed by atoms with van der Waals surface area (Å²) in [7, 11) is 3.08. The zero-order chi connectivity index (χ0) is 26.8. The maximum atomic E-state index is 11.8. The Labute approximate surface area is 219 Å². The van der Waals surface area contributed by atoms with Gasteiger partial charge in [-0.25, -0.2) is 9.78 Å². The molecule has 3 N–H and O–H groups in total. The van der Waals surface area contributed by atoms with Crippen LogP contribution in [0.1, 0.15) is 71.1 Å². The number of imide groups is 1. The number of likely N-dealkylation sites (tertiary alicyclic amines) is 1. The van der Waals surface area contributed by atoms with E-state index in [2.05, 4.69) is 17.2 Å². The number of unbranched alkanes of at least 4 members (excludes halogenated alkanes) is 3. The fraction of sp³-hybridized carbons (Fsp3) is 0.583. The molecule has 10 nitrogen and oxygen atoms in total. The van der Waals surface area contributed by atoms with Gasteiger partial charge >= 0.3 is 11.9 Å². The molecular formula is C24H35N3O7S2. The Hall–Kier alpha value is -2.60. The second-order valence-corrected chi connectivity index (χ2v) is 10.5. The molecule has 0 aromatic carbocycles. The molecule has 1 aliphatic heterocycles. The fourth-order valence-corrected chi connectivity index (χ4v) is 5.11. The highest BCUT2D eigenvalue weighted by atomic mass is 33.1. The van der Waals surface area contributed by atoms with Gasteiger partial charge < -0.3 is 15.5 Å². The van der Waals surface area contributed by atoms with Crippen molar-refractivity contribution >= 4 is 51.2 Å². The van der Waals surface area contributed by atoms with Crippen molar-refractivity contribution in [2.45, 2.75) is 82.2 Å². The summed E-state index contributed by atoms with van der Waals surface area (Å²) in [5.74, 6) is -2.10. The summed E-state index contributed by atoms with van der Waals surface area (Å²) in [6, 6.07) is 4.55. The van der Waals surface area contributed by atoms with Crippen LogP contribution in [-0.4, -0.2) is 68.1 Å². The number of hydrogen-bond acceptors (Lipinski definition) is 8. The van der Waals surface area contributed by atoms with Crippen LogP contribution in [0.5, 0.6) is 0 Å². The maximum Gasteiger partial charge on any atom is 0.326 e. The number of carbonyl (C=O) groups is 5. The molecule has 200 valence electrons. The lowest BCUT2D eigenvalue weighted by Gasteiger charge is -2.22. The third-order valence-electron chi connectivity index (χ3n) is 5.10. The molecule has 1 aromatic rings. The smallest absolute Gasteiger partial charge is 0.326 e. The lowest BCUT2D eigenvalue weighted by Crippen LogP contribution is -2.44. The van der Waals surface area contributed by atoms with E-state index in [0.717, 1.165) is 29.2 Å². The van der Waals surface area contributed by atoms with Crippen LogP contribution in [0.25, 0.3) is 0 Å². The van der Waals surface area contributed by atoms with E-state index in [4.69, 9.17) is 5.11 Å². The lowest BCUT2D eigenvalue weighted by molar-refractivity contribution is -0.154. The van der Waals surface area contributed by atoms with Crippen LogP contribution in [0, 0.1) is 0 Å². The van der Waals surface area contributed by atoms with Crippen LogP contribution >= 0.6 is 21.6 Å². The summed E-state index contributed by atoms with van der Waals surface area (Å²) in [5, 5.41) is 21.1. The average molecular weight is 542 g/mol. The summed E-state index contributed by atoms with van der Waals surface area (Å²) in [6.07, 6.45) is 6.82. The lowest BCUT2D eigenvalue weighted by atomic mass is 10.1. The minimum Gasteiger partial charge on any atom is -0.481 e. The fourth-order valence-electron chi connectivity index (χ4n) is 3.24. The molecule has 1 unspecified atom stereocenters. The molecular weight excluding hydrogens is 506 g/mol. The van der Waals surface area contributed by atoms with Crippen molar-refractivity contribution in [3.05, 3.63) is 24.4 Å². The van der Waals surface area contributed by atoms with Gasteiger partial charge in [-0.3, -0.25) is 24.1 Å². The number of nitrogens with one attached hydrogen (secondary N) is 1. The van der Waals surface area contributed by atoms with Crippen LogP contribution in [-0.2, 0) is 24.0 Å². The standard InChI is InChI=1S/C18H23N3O5S2.C6H12O2/c22-14(9-12-27-28-15-6-2-4-11-20-15)19-10-3-1-5-13(18(25)26)21-16(23)7-8-17(21)24;1-2-3-4-5-6(7)8/h2,4,6,11,13H,1,3,5,7-10,12H2,(H,19,22)(H,25,26);2-5H2,1H3,(H,7,8). The zero-order valence-electron chi connectivity index (χ0n) is 20.5. The number of aromatic nitrogens is 1. The van der Waals surface area contributed by atoms with E-state index < -0.39 is 29.8 Å². The largest absolute Gasteiger partial charge is 0.481 e. The summed E-state index contributed by atoms with van der Waals surface area (Å²) < 4.78 is 0. The summed E-state index contributed by atoms with van der Waals surface area (Å²) in [5.41, 5.74) is 0. The average Bonchev–Trinajstić information content (AvgIpc) is 3.17. The Morgan fingerprint density at radius 2 is 1.78 bits per heavy atom. The quantitative estimate of drug-likeness (QED) is 0.160. The van der Waals surface area contributed by atoms with E-state index in [1.807, 2.05) is 18.2 Å². The van der Waals surface area contributed by atoms with Gasteiger partial charge in [0.05, 0.1) is 0 Å². The third-order valence-corrected chi connectivity index (χ3v) is 7.37. The molecule has 1 atom stereocenters. The molecule has 0 bridgehead atoms. The highest BCUT2D eigenvalue weighted by Gasteiger charge is 2.38. The first-order valence-corrected chi connectivity index (χ1v) is 14.3. The van der Waals surface area contributed by atoms with Gasteiger partial charge in [-0.2, -0.15) is 0 Å². The Bertz CT molecular complexity index is 839. The van der Waals surface area contributed by atoms with Crippen LogP contribution in [0.15, 0.2) is 29.4 Å². The summed E-state index contributed by atoms with van der Waals surface area (Å²) in [4.78, 5) is 61.5. The maximum absolute atomic E-state index is 11.8. The molecule has 1 aromatic heterocycles. The van der Waals surface area contributed by atoms with Gasteiger partial charge in [0.2, 0.25) is 17.7 Å². The molecule has 1 saturated heterocycles.